The molecule has 1 aromatic carbocycles. The Hall–Kier alpha value is -1.47. The fraction of sp³-hybridized carbons (Fsp3) is 0.364. The first-order chi connectivity index (χ1) is 8.74. The zero-order chi connectivity index (χ0) is 14.6. The van der Waals surface area contributed by atoms with Gasteiger partial charge in [-0.25, -0.2) is 0 Å². The normalized spacial score (nSPS) is 11.4. The number of rotatable bonds is 4. The van der Waals surface area contributed by atoms with Gasteiger partial charge in [-0.05, 0) is 18.2 Å². The molecule has 106 valence electrons. The van der Waals surface area contributed by atoms with Gasteiger partial charge < -0.3 is 15.1 Å². The van der Waals surface area contributed by atoms with Crippen molar-refractivity contribution in [2.75, 3.05) is 19.7 Å². The highest BCUT2D eigenvalue weighted by Crippen LogP contribution is 2.24. The minimum Gasteiger partial charge on any atom is -0.507 e. The van der Waals surface area contributed by atoms with Crippen LogP contribution >= 0.6 is 11.6 Å². The molecule has 0 saturated heterocycles. The van der Waals surface area contributed by atoms with Crippen molar-refractivity contribution in [2.45, 2.75) is 6.18 Å². The Bertz CT molecular complexity index is 465. The van der Waals surface area contributed by atoms with Crippen LogP contribution < -0.4 is 0 Å². The summed E-state index contributed by atoms with van der Waals surface area (Å²) in [6.07, 6.45) is -4.60. The highest BCUT2D eigenvalue weighted by atomic mass is 35.5. The number of carbonyl (C=O) groups is 1. The molecule has 0 atom stereocenters. The Morgan fingerprint density at radius 1 is 1.37 bits per heavy atom. The number of benzene rings is 1. The lowest BCUT2D eigenvalue weighted by atomic mass is 10.1. The van der Waals surface area contributed by atoms with Gasteiger partial charge in [0.15, 0.2) is 0 Å². The third-order valence-corrected chi connectivity index (χ3v) is 2.45. The molecule has 8 heteroatoms. The van der Waals surface area contributed by atoms with E-state index < -0.39 is 37.5 Å². The fourth-order valence-electron chi connectivity index (χ4n) is 1.44. The van der Waals surface area contributed by atoms with E-state index in [1.165, 1.54) is 6.07 Å². The number of aliphatic hydroxyl groups is 1. The standard InChI is InChI=1S/C11H11ClF3NO3/c12-7-1-2-9(18)8(5-7)10(19)16(3-4-17)6-11(13,14)15/h1-2,5,17-18H,3-4,6H2. The lowest BCUT2D eigenvalue weighted by Crippen LogP contribution is -2.40. The molecule has 0 heterocycles. The minimum absolute atomic E-state index is 0.108. The van der Waals surface area contributed by atoms with E-state index >= 15 is 0 Å². The summed E-state index contributed by atoms with van der Waals surface area (Å²) >= 11 is 5.62. The van der Waals surface area contributed by atoms with Crippen LogP contribution in [0.25, 0.3) is 0 Å². The molecule has 0 spiro atoms. The van der Waals surface area contributed by atoms with Gasteiger partial charge in [0.05, 0.1) is 12.2 Å². The second-order valence-corrected chi connectivity index (χ2v) is 4.16. The molecule has 0 aromatic heterocycles. The molecule has 1 aromatic rings. The van der Waals surface area contributed by atoms with Crippen LogP contribution in [-0.2, 0) is 0 Å². The summed E-state index contributed by atoms with van der Waals surface area (Å²) in [6.45, 7) is -2.63. The molecule has 0 aliphatic heterocycles. The molecule has 0 bridgehead atoms. The topological polar surface area (TPSA) is 60.8 Å². The molecular weight excluding hydrogens is 287 g/mol. The molecule has 0 aliphatic rings. The smallest absolute Gasteiger partial charge is 0.406 e. The van der Waals surface area contributed by atoms with E-state index in [0.29, 0.717) is 4.90 Å². The third-order valence-electron chi connectivity index (χ3n) is 2.22. The summed E-state index contributed by atoms with van der Waals surface area (Å²) in [5, 5.41) is 18.3. The average molecular weight is 298 g/mol. The number of carbonyl (C=O) groups excluding carboxylic acids is 1. The highest BCUT2D eigenvalue weighted by Gasteiger charge is 2.33. The van der Waals surface area contributed by atoms with Gasteiger partial charge >= 0.3 is 6.18 Å². The van der Waals surface area contributed by atoms with Crippen molar-refractivity contribution in [3.8, 4) is 5.75 Å². The van der Waals surface area contributed by atoms with Crippen LogP contribution in [-0.4, -0.2) is 46.9 Å². The van der Waals surface area contributed by atoms with Crippen molar-refractivity contribution in [3.63, 3.8) is 0 Å². The van der Waals surface area contributed by atoms with Crippen LogP contribution in [0, 0.1) is 0 Å². The Morgan fingerprint density at radius 3 is 2.53 bits per heavy atom. The lowest BCUT2D eigenvalue weighted by Gasteiger charge is -2.23. The van der Waals surface area contributed by atoms with Crippen LogP contribution in [0.4, 0.5) is 13.2 Å². The van der Waals surface area contributed by atoms with E-state index in [-0.39, 0.29) is 10.6 Å². The van der Waals surface area contributed by atoms with E-state index in [1.54, 1.807) is 0 Å². The van der Waals surface area contributed by atoms with E-state index in [4.69, 9.17) is 16.7 Å². The Kier molecular flexibility index (Phi) is 5.02. The number of phenols is 1. The molecule has 0 unspecified atom stereocenters. The zero-order valence-corrected chi connectivity index (χ0v) is 10.4. The first kappa shape index (κ1) is 15.6. The number of aliphatic hydroxyl groups excluding tert-OH is 1. The molecule has 0 aliphatic carbocycles. The van der Waals surface area contributed by atoms with Gasteiger partial charge in [-0.3, -0.25) is 4.79 Å². The molecule has 1 rings (SSSR count). The predicted molar refractivity (Wildman–Crippen MR) is 62.2 cm³/mol. The van der Waals surface area contributed by atoms with E-state index in [0.717, 1.165) is 12.1 Å². The summed E-state index contributed by atoms with van der Waals surface area (Å²) in [6, 6.07) is 3.48. The van der Waals surface area contributed by atoms with E-state index in [9.17, 15) is 23.1 Å². The van der Waals surface area contributed by atoms with Crippen molar-refractivity contribution in [2.24, 2.45) is 0 Å². The molecule has 19 heavy (non-hydrogen) atoms. The largest absolute Gasteiger partial charge is 0.507 e. The molecular formula is C11H11ClF3NO3. The zero-order valence-electron chi connectivity index (χ0n) is 9.62. The van der Waals surface area contributed by atoms with Crippen LogP contribution in [0.15, 0.2) is 18.2 Å². The Morgan fingerprint density at radius 2 is 2.00 bits per heavy atom. The van der Waals surface area contributed by atoms with E-state index in [1.807, 2.05) is 0 Å². The lowest BCUT2D eigenvalue weighted by molar-refractivity contribution is -0.141. The summed E-state index contributed by atoms with van der Waals surface area (Å²) in [7, 11) is 0. The molecule has 4 nitrogen and oxygen atoms in total. The summed E-state index contributed by atoms with van der Waals surface area (Å²) in [5.74, 6) is -1.52. The molecule has 0 fully saturated rings. The molecule has 0 radical (unpaired) electrons. The number of aromatic hydroxyl groups is 1. The maximum atomic E-state index is 12.3. The highest BCUT2D eigenvalue weighted by molar-refractivity contribution is 6.31. The van der Waals surface area contributed by atoms with Gasteiger partial charge in [0, 0.05) is 11.6 Å². The van der Waals surface area contributed by atoms with E-state index in [2.05, 4.69) is 0 Å². The number of phenolic OH excluding ortho intramolecular Hbond substituents is 1. The maximum absolute atomic E-state index is 12.3. The fourth-order valence-corrected chi connectivity index (χ4v) is 1.61. The second-order valence-electron chi connectivity index (χ2n) is 3.73. The second kappa shape index (κ2) is 6.12. The summed E-state index contributed by atoms with van der Waals surface area (Å²) in [5.41, 5.74) is -0.342. The van der Waals surface area contributed by atoms with Gasteiger partial charge in [-0.1, -0.05) is 11.6 Å². The summed E-state index contributed by atoms with van der Waals surface area (Å²) in [4.78, 5) is 12.3. The number of nitrogens with zero attached hydrogens (tertiary/aromatic N) is 1. The van der Waals surface area contributed by atoms with Gasteiger partial charge in [0.1, 0.15) is 12.3 Å². The average Bonchev–Trinajstić information content (AvgIpc) is 2.29. The molecule has 2 N–H and O–H groups in total. The first-order valence-electron chi connectivity index (χ1n) is 5.20. The van der Waals surface area contributed by atoms with Crippen LogP contribution in [0.5, 0.6) is 5.75 Å². The van der Waals surface area contributed by atoms with Crippen molar-refractivity contribution in [3.05, 3.63) is 28.8 Å². The quantitative estimate of drug-likeness (QED) is 0.894. The van der Waals surface area contributed by atoms with Crippen LogP contribution in [0.3, 0.4) is 0 Å². The SMILES string of the molecule is O=C(c1cc(Cl)ccc1O)N(CCO)CC(F)(F)F. The van der Waals surface area contributed by atoms with Gasteiger partial charge in [-0.2, -0.15) is 13.2 Å². The van der Waals surface area contributed by atoms with Crippen LogP contribution in [0.1, 0.15) is 10.4 Å². The number of hydrogen-bond donors (Lipinski definition) is 2. The van der Waals surface area contributed by atoms with Crippen molar-refractivity contribution in [1.82, 2.24) is 4.90 Å². The van der Waals surface area contributed by atoms with Gasteiger partial charge in [0.25, 0.3) is 5.91 Å². The molecule has 1 amide bonds. The third kappa shape index (κ3) is 4.60. The number of halogens is 4. The predicted octanol–water partition coefficient (Wildman–Crippen LogP) is 2.04. The Balaban J connectivity index is 3.02. The first-order valence-corrected chi connectivity index (χ1v) is 5.58. The number of hydrogen-bond acceptors (Lipinski definition) is 3. The summed E-state index contributed by atoms with van der Waals surface area (Å²) < 4.78 is 37.0. The maximum Gasteiger partial charge on any atom is 0.406 e. The monoisotopic (exact) mass is 297 g/mol. The van der Waals surface area contributed by atoms with Crippen molar-refractivity contribution >= 4 is 17.5 Å². The van der Waals surface area contributed by atoms with Crippen LogP contribution in [0.2, 0.25) is 5.02 Å². The van der Waals surface area contributed by atoms with Crippen molar-refractivity contribution < 1.29 is 28.2 Å². The minimum atomic E-state index is -4.60. The van der Waals surface area contributed by atoms with Gasteiger partial charge in [-0.15, -0.1) is 0 Å². The number of alkyl halides is 3. The van der Waals surface area contributed by atoms with Gasteiger partial charge in [0.2, 0.25) is 0 Å². The Labute approximate surface area is 112 Å². The molecule has 0 saturated carbocycles. The number of amides is 1. The van der Waals surface area contributed by atoms with Crippen molar-refractivity contribution in [1.29, 1.82) is 0 Å².